The van der Waals surface area contributed by atoms with Crippen molar-refractivity contribution in [3.63, 3.8) is 0 Å². The molecular formula is C34H39N5O5S2. The number of thioether (sulfide) groups is 1. The third kappa shape index (κ3) is 6.84. The van der Waals surface area contributed by atoms with Crippen molar-refractivity contribution in [3.05, 3.63) is 71.3 Å². The molecule has 46 heavy (non-hydrogen) atoms. The molecule has 2 saturated heterocycles. The van der Waals surface area contributed by atoms with Gasteiger partial charge in [-0.15, -0.1) is 0 Å². The number of amides is 1. The number of hydrogen-bond donors (Lipinski definition) is 0. The van der Waals surface area contributed by atoms with Crippen molar-refractivity contribution in [2.24, 2.45) is 22.7 Å². The lowest BCUT2D eigenvalue weighted by atomic mass is 9.94. The summed E-state index contributed by atoms with van der Waals surface area (Å²) in [6.07, 6.45) is 5.94. The number of sulfonamides is 1. The summed E-state index contributed by atoms with van der Waals surface area (Å²) in [7, 11) is -3.71. The number of ether oxygens (including phenoxy) is 1. The summed E-state index contributed by atoms with van der Waals surface area (Å²) in [6.45, 7) is 8.58. The third-order valence-electron chi connectivity index (χ3n) is 8.63. The van der Waals surface area contributed by atoms with E-state index in [1.54, 1.807) is 40.2 Å². The minimum atomic E-state index is -3.71. The highest BCUT2D eigenvalue weighted by atomic mass is 32.2. The highest BCUT2D eigenvalue weighted by Gasteiger charge is 2.33. The summed E-state index contributed by atoms with van der Waals surface area (Å²) in [5.41, 5.74) is 2.71. The summed E-state index contributed by atoms with van der Waals surface area (Å²) >= 11 is 1.31. The zero-order valence-electron chi connectivity index (χ0n) is 26.3. The minimum Gasteiger partial charge on any atom is -0.466 e. The number of aliphatic imine (C=N–C) groups is 1. The first-order valence-electron chi connectivity index (χ1n) is 15.8. The second-order valence-corrected chi connectivity index (χ2v) is 15.3. The smallest absolute Gasteiger partial charge is 0.309 e. The highest BCUT2D eigenvalue weighted by molar-refractivity contribution is 8.18. The van der Waals surface area contributed by atoms with Crippen molar-refractivity contribution in [2.45, 2.75) is 44.9 Å². The van der Waals surface area contributed by atoms with Crippen LogP contribution in [0.5, 0.6) is 0 Å². The molecule has 3 aliphatic heterocycles. The lowest BCUT2D eigenvalue weighted by Crippen LogP contribution is -2.42. The number of piperidine rings is 2. The Labute approximate surface area is 274 Å². The van der Waals surface area contributed by atoms with Gasteiger partial charge in [0, 0.05) is 43.5 Å². The van der Waals surface area contributed by atoms with Crippen LogP contribution in [0.2, 0.25) is 0 Å². The van der Waals surface area contributed by atoms with E-state index in [9.17, 15) is 18.0 Å². The highest BCUT2D eigenvalue weighted by Crippen LogP contribution is 2.36. The van der Waals surface area contributed by atoms with Gasteiger partial charge in [-0.2, -0.15) is 14.4 Å². The van der Waals surface area contributed by atoms with Crippen LogP contribution in [0.25, 0.3) is 23.0 Å². The molecule has 0 radical (unpaired) electrons. The number of esters is 1. The van der Waals surface area contributed by atoms with Crippen molar-refractivity contribution in [1.29, 1.82) is 0 Å². The zero-order chi connectivity index (χ0) is 32.4. The lowest BCUT2D eigenvalue weighted by Gasteiger charge is -2.34. The van der Waals surface area contributed by atoms with Gasteiger partial charge in [-0.3, -0.25) is 9.59 Å². The lowest BCUT2D eigenvalue weighted by molar-refractivity contribution is -0.149. The number of likely N-dealkylation sites (tertiary alicyclic amines) is 1. The second kappa shape index (κ2) is 13.5. The third-order valence-corrected chi connectivity index (χ3v) is 11.5. The SMILES string of the molecule is CCOC(=O)C1CCN(C2=NC(=O)C(=Cc3cn(-c4ccccc4)nc3-c3cccc(S(=O)(=O)N4CC(C)CC(C)C4)c3)S2)CC1. The molecule has 1 aromatic heterocycles. The van der Waals surface area contributed by atoms with Crippen LogP contribution >= 0.6 is 11.8 Å². The number of rotatable bonds is 7. The Kier molecular flexibility index (Phi) is 9.49. The number of para-hydroxylation sites is 1. The molecule has 2 aromatic carbocycles. The maximum absolute atomic E-state index is 13.8. The summed E-state index contributed by atoms with van der Waals surface area (Å²) in [5, 5.41) is 5.50. The van der Waals surface area contributed by atoms with E-state index in [0.717, 1.165) is 12.1 Å². The molecular weight excluding hydrogens is 623 g/mol. The largest absolute Gasteiger partial charge is 0.466 e. The van der Waals surface area contributed by atoms with Gasteiger partial charge in [-0.05, 0) is 80.1 Å². The van der Waals surface area contributed by atoms with E-state index in [2.05, 4.69) is 18.8 Å². The van der Waals surface area contributed by atoms with Crippen LogP contribution in [0.1, 0.15) is 45.6 Å². The van der Waals surface area contributed by atoms with Crippen LogP contribution in [0.4, 0.5) is 0 Å². The fraction of sp³-hybridized carbons (Fsp3) is 0.412. The molecule has 2 atom stereocenters. The number of amidine groups is 1. The average molecular weight is 662 g/mol. The zero-order valence-corrected chi connectivity index (χ0v) is 28.0. The molecule has 0 bridgehead atoms. The van der Waals surface area contributed by atoms with Crippen molar-refractivity contribution in [3.8, 4) is 16.9 Å². The molecule has 2 fully saturated rings. The molecule has 4 heterocycles. The first kappa shape index (κ1) is 32.2. The van der Waals surface area contributed by atoms with E-state index < -0.39 is 10.0 Å². The Balaban J connectivity index is 1.29. The minimum absolute atomic E-state index is 0.137. The molecule has 242 valence electrons. The van der Waals surface area contributed by atoms with Gasteiger partial charge < -0.3 is 9.64 Å². The molecule has 12 heteroatoms. The van der Waals surface area contributed by atoms with E-state index >= 15 is 0 Å². The molecule has 0 spiro atoms. The first-order chi connectivity index (χ1) is 22.1. The number of hydrogen-bond acceptors (Lipinski definition) is 8. The van der Waals surface area contributed by atoms with Gasteiger partial charge >= 0.3 is 5.97 Å². The van der Waals surface area contributed by atoms with E-state index in [4.69, 9.17) is 9.84 Å². The van der Waals surface area contributed by atoms with Crippen molar-refractivity contribution in [2.75, 3.05) is 32.8 Å². The fourth-order valence-corrected chi connectivity index (χ4v) is 9.11. The number of benzene rings is 2. The predicted molar refractivity (Wildman–Crippen MR) is 180 cm³/mol. The molecule has 0 aliphatic carbocycles. The molecule has 10 nitrogen and oxygen atoms in total. The topological polar surface area (TPSA) is 114 Å². The van der Waals surface area contributed by atoms with Gasteiger partial charge in [0.05, 0.1) is 28.0 Å². The van der Waals surface area contributed by atoms with Crippen LogP contribution < -0.4 is 0 Å². The van der Waals surface area contributed by atoms with E-state index in [1.807, 2.05) is 47.5 Å². The van der Waals surface area contributed by atoms with Crippen LogP contribution in [0.15, 0.2) is 75.6 Å². The van der Waals surface area contributed by atoms with Crippen LogP contribution in [-0.2, 0) is 24.3 Å². The Hall–Kier alpha value is -3.74. The summed E-state index contributed by atoms with van der Waals surface area (Å²) in [6, 6.07) is 16.5. The molecule has 3 aliphatic rings. The van der Waals surface area contributed by atoms with Gasteiger partial charge in [-0.1, -0.05) is 44.2 Å². The molecule has 6 rings (SSSR count). The monoisotopic (exact) mass is 661 g/mol. The second-order valence-electron chi connectivity index (χ2n) is 12.3. The Morgan fingerprint density at radius 3 is 2.46 bits per heavy atom. The predicted octanol–water partition coefficient (Wildman–Crippen LogP) is 5.45. The maximum Gasteiger partial charge on any atom is 0.309 e. The number of carbonyl (C=O) groups excluding carboxylic acids is 2. The Morgan fingerprint density at radius 2 is 1.76 bits per heavy atom. The summed E-state index contributed by atoms with van der Waals surface area (Å²) in [5.74, 6) is -0.0603. The van der Waals surface area contributed by atoms with Crippen LogP contribution in [0.3, 0.4) is 0 Å². The Morgan fingerprint density at radius 1 is 1.04 bits per heavy atom. The van der Waals surface area contributed by atoms with E-state index in [-0.39, 0.29) is 22.7 Å². The van der Waals surface area contributed by atoms with Gasteiger partial charge in [0.15, 0.2) is 5.17 Å². The van der Waals surface area contributed by atoms with Crippen LogP contribution in [0, 0.1) is 17.8 Å². The fourth-order valence-electron chi connectivity index (χ4n) is 6.43. The van der Waals surface area contributed by atoms with Crippen LogP contribution in [-0.4, -0.2) is 77.2 Å². The van der Waals surface area contributed by atoms with Gasteiger partial charge in [-0.25, -0.2) is 13.1 Å². The van der Waals surface area contributed by atoms with Gasteiger partial charge in [0.25, 0.3) is 5.91 Å². The van der Waals surface area contributed by atoms with Gasteiger partial charge in [0.2, 0.25) is 10.0 Å². The van der Waals surface area contributed by atoms with Crippen molar-refractivity contribution < 1.29 is 22.7 Å². The van der Waals surface area contributed by atoms with Gasteiger partial charge in [0.1, 0.15) is 5.69 Å². The van der Waals surface area contributed by atoms with Crippen molar-refractivity contribution >= 4 is 44.9 Å². The molecule has 2 unspecified atom stereocenters. The summed E-state index contributed by atoms with van der Waals surface area (Å²) in [4.78, 5) is 32.4. The van der Waals surface area contributed by atoms with Crippen molar-refractivity contribution in [1.82, 2.24) is 19.0 Å². The van der Waals surface area contributed by atoms with E-state index in [1.165, 1.54) is 11.8 Å². The summed E-state index contributed by atoms with van der Waals surface area (Å²) < 4.78 is 36.1. The molecule has 0 N–H and O–H groups in total. The molecule has 3 aromatic rings. The number of nitrogens with zero attached hydrogens (tertiary/aromatic N) is 5. The quantitative estimate of drug-likeness (QED) is 0.243. The normalized spacial score (nSPS) is 22.3. The molecule has 0 saturated carbocycles. The number of aromatic nitrogens is 2. The average Bonchev–Trinajstić information content (AvgIpc) is 3.65. The Bertz CT molecular complexity index is 1770. The standard InChI is InChI=1S/C34H39N5O5S2/c1-4-44-33(41)25-13-15-37(16-14-25)34-35-32(40)30(45-34)19-27-22-39(28-10-6-5-7-11-28)36-31(27)26-9-8-12-29(18-26)46(42,43)38-20-23(2)17-24(3)21-38/h5-12,18-19,22-25H,4,13-17,20-21H2,1-3H3. The maximum atomic E-state index is 13.8. The molecule has 1 amide bonds. The number of carbonyl (C=O) groups is 2. The first-order valence-corrected chi connectivity index (χ1v) is 18.1. The van der Waals surface area contributed by atoms with E-state index in [0.29, 0.717) is 84.4 Å².